The van der Waals surface area contributed by atoms with Gasteiger partial charge >= 0.3 is 11.7 Å². The van der Waals surface area contributed by atoms with Crippen LogP contribution in [0, 0.1) is 0 Å². The second kappa shape index (κ2) is 11.0. The molecule has 0 amide bonds. The number of anilines is 1. The van der Waals surface area contributed by atoms with E-state index in [9.17, 15) is 34.8 Å². The third-order valence-electron chi connectivity index (χ3n) is 5.32. The summed E-state index contributed by atoms with van der Waals surface area (Å²) in [6.07, 6.45) is -2.84. The lowest BCUT2D eigenvalue weighted by atomic mass is 10.1. The third-order valence-corrected chi connectivity index (χ3v) is 7.92. The van der Waals surface area contributed by atoms with Crippen molar-refractivity contribution >= 4 is 25.5 Å². The fraction of sp³-hybridized carbons (Fsp3) is 0.304. The van der Waals surface area contributed by atoms with Crippen LogP contribution in [0.3, 0.4) is 0 Å². The number of halogens is 3. The van der Waals surface area contributed by atoms with E-state index >= 15 is 0 Å². The second-order valence-corrected chi connectivity index (χ2v) is 11.9. The summed E-state index contributed by atoms with van der Waals surface area (Å²) in [6.45, 7) is 0.0719. The molecule has 1 heterocycles. The highest BCUT2D eigenvalue weighted by molar-refractivity contribution is 7.90. The normalized spacial score (nSPS) is 12.3. The van der Waals surface area contributed by atoms with Gasteiger partial charge < -0.3 is 14.8 Å². The molecule has 0 aliphatic heterocycles. The van der Waals surface area contributed by atoms with Crippen molar-refractivity contribution in [2.24, 2.45) is 0 Å². The summed E-state index contributed by atoms with van der Waals surface area (Å²) in [7, 11) is -5.76. The Labute approximate surface area is 217 Å². The van der Waals surface area contributed by atoms with Gasteiger partial charge in [-0.25, -0.2) is 16.8 Å². The van der Waals surface area contributed by atoms with Crippen LogP contribution in [-0.2, 0) is 26.3 Å². The first kappa shape index (κ1) is 29.0. The van der Waals surface area contributed by atoms with E-state index in [4.69, 9.17) is 9.47 Å². The highest BCUT2D eigenvalue weighted by Gasteiger charge is 2.37. The fourth-order valence-electron chi connectivity index (χ4n) is 3.54. The largest absolute Gasteiger partial charge is 0.493 e. The number of aromatic nitrogens is 2. The molecule has 0 unspecified atom stereocenters. The minimum Gasteiger partial charge on any atom is -0.493 e. The molecule has 3 aromatic rings. The maximum Gasteiger partial charge on any atom is 0.404 e. The molecule has 0 bridgehead atoms. The molecule has 0 spiro atoms. The van der Waals surface area contributed by atoms with Crippen molar-refractivity contribution in [1.29, 1.82) is 0 Å². The molecule has 1 aromatic heterocycles. The maximum atomic E-state index is 13.1. The number of hydrogen-bond donors (Lipinski definition) is 1. The van der Waals surface area contributed by atoms with Crippen molar-refractivity contribution in [2.75, 3.05) is 38.1 Å². The molecule has 0 saturated carbocycles. The van der Waals surface area contributed by atoms with E-state index in [0.717, 1.165) is 18.0 Å². The second-order valence-electron chi connectivity index (χ2n) is 8.12. The van der Waals surface area contributed by atoms with Crippen LogP contribution >= 0.6 is 0 Å². The zero-order chi connectivity index (χ0) is 28.3. The monoisotopic (exact) mass is 575 g/mol. The van der Waals surface area contributed by atoms with Crippen molar-refractivity contribution in [3.8, 4) is 22.6 Å². The van der Waals surface area contributed by atoms with Crippen LogP contribution in [0.2, 0.25) is 0 Å². The number of rotatable bonds is 10. The Morgan fingerprint density at radius 3 is 2.16 bits per heavy atom. The summed E-state index contributed by atoms with van der Waals surface area (Å²) in [6, 6.07) is 10.4. The van der Waals surface area contributed by atoms with Gasteiger partial charge in [0.05, 0.1) is 25.3 Å². The SMILES string of the molecule is COc1ccc(CCNc2c(-c3ccc(S(C)(=O)=O)cc3)cnn(S(=O)(=O)CC(F)(F)F)c2=O)cc1OC. The van der Waals surface area contributed by atoms with Crippen LogP contribution in [0.4, 0.5) is 18.9 Å². The van der Waals surface area contributed by atoms with Gasteiger partial charge in [0.2, 0.25) is 0 Å². The molecular formula is C23H24F3N3O7S2. The average molecular weight is 576 g/mol. The number of hydrogen-bond acceptors (Lipinski definition) is 9. The van der Waals surface area contributed by atoms with E-state index in [1.807, 2.05) is 0 Å². The van der Waals surface area contributed by atoms with Crippen LogP contribution < -0.4 is 20.3 Å². The van der Waals surface area contributed by atoms with Crippen LogP contribution in [0.15, 0.2) is 58.4 Å². The lowest BCUT2D eigenvalue weighted by molar-refractivity contribution is -0.106. The highest BCUT2D eigenvalue weighted by atomic mass is 32.2. The van der Waals surface area contributed by atoms with Gasteiger partial charge in [-0.05, 0) is 41.8 Å². The molecule has 15 heteroatoms. The summed E-state index contributed by atoms with van der Waals surface area (Å²) in [5.41, 5.74) is -0.519. The Kier molecular flexibility index (Phi) is 8.41. The van der Waals surface area contributed by atoms with Gasteiger partial charge in [-0.15, -0.1) is 4.09 Å². The van der Waals surface area contributed by atoms with Gasteiger partial charge in [0.25, 0.3) is 10.0 Å². The van der Waals surface area contributed by atoms with Crippen LogP contribution in [0.1, 0.15) is 5.56 Å². The molecule has 0 aliphatic carbocycles. The molecule has 0 atom stereocenters. The first-order valence-electron chi connectivity index (χ1n) is 10.8. The highest BCUT2D eigenvalue weighted by Crippen LogP contribution is 2.29. The fourth-order valence-corrected chi connectivity index (χ4v) is 5.24. The minimum atomic E-state index is -5.17. The standard InChI is InChI=1S/C23H24F3N3O7S2/c1-35-19-9-4-15(12-20(19)36-2)10-11-27-21-18(16-5-7-17(8-6-16)37(3,31)32)13-28-29(22(21)30)38(33,34)14-23(24,25)26/h4-9,12-13,27H,10-11,14H2,1-3H3. The Hall–Kier alpha value is -3.59. The molecule has 1 N–H and O–H groups in total. The molecule has 0 saturated heterocycles. The van der Waals surface area contributed by atoms with E-state index in [-0.39, 0.29) is 32.3 Å². The topological polar surface area (TPSA) is 134 Å². The Morgan fingerprint density at radius 1 is 0.974 bits per heavy atom. The van der Waals surface area contributed by atoms with E-state index in [0.29, 0.717) is 17.9 Å². The molecular weight excluding hydrogens is 551 g/mol. The number of benzene rings is 2. The molecule has 0 fully saturated rings. The summed E-state index contributed by atoms with van der Waals surface area (Å²) < 4.78 is 97.0. The van der Waals surface area contributed by atoms with Gasteiger partial charge in [-0.1, -0.05) is 18.2 Å². The lowest BCUT2D eigenvalue weighted by Crippen LogP contribution is -2.37. The molecule has 0 aliphatic rings. The third kappa shape index (κ3) is 6.83. The van der Waals surface area contributed by atoms with Crippen molar-refractivity contribution in [3.63, 3.8) is 0 Å². The van der Waals surface area contributed by atoms with Crippen LogP contribution in [-0.4, -0.2) is 65.0 Å². The summed E-state index contributed by atoms with van der Waals surface area (Å²) in [5, 5.41) is 6.28. The zero-order valence-electron chi connectivity index (χ0n) is 20.4. The van der Waals surface area contributed by atoms with Crippen LogP contribution in [0.5, 0.6) is 11.5 Å². The zero-order valence-corrected chi connectivity index (χ0v) is 22.1. The Bertz CT molecular complexity index is 1590. The van der Waals surface area contributed by atoms with Gasteiger partial charge in [0.15, 0.2) is 27.1 Å². The molecule has 3 rings (SSSR count). The van der Waals surface area contributed by atoms with Gasteiger partial charge in [0, 0.05) is 18.4 Å². The quantitative estimate of drug-likeness (QED) is 0.387. The van der Waals surface area contributed by atoms with Crippen molar-refractivity contribution in [1.82, 2.24) is 9.19 Å². The van der Waals surface area contributed by atoms with E-state index in [2.05, 4.69) is 10.4 Å². The molecule has 206 valence electrons. The number of alkyl halides is 3. The number of methoxy groups -OCH3 is 2. The lowest BCUT2D eigenvalue weighted by Gasteiger charge is -2.15. The first-order chi connectivity index (χ1) is 17.7. The maximum absolute atomic E-state index is 13.1. The predicted octanol–water partition coefficient (Wildman–Crippen LogP) is 2.73. The van der Waals surface area contributed by atoms with Gasteiger partial charge in [-0.3, -0.25) is 4.79 Å². The van der Waals surface area contributed by atoms with E-state index < -0.39 is 37.3 Å². The van der Waals surface area contributed by atoms with Crippen molar-refractivity contribution in [3.05, 3.63) is 64.6 Å². The van der Waals surface area contributed by atoms with E-state index in [1.54, 1.807) is 18.2 Å². The number of nitrogens with one attached hydrogen (secondary N) is 1. The van der Waals surface area contributed by atoms with Crippen molar-refractivity contribution in [2.45, 2.75) is 17.5 Å². The number of nitrogens with zero attached hydrogens (tertiary/aromatic N) is 2. The number of ether oxygens (including phenoxy) is 2. The van der Waals surface area contributed by atoms with Crippen LogP contribution in [0.25, 0.3) is 11.1 Å². The molecule has 10 nitrogen and oxygen atoms in total. The van der Waals surface area contributed by atoms with Gasteiger partial charge in [-0.2, -0.15) is 18.3 Å². The molecule has 38 heavy (non-hydrogen) atoms. The minimum absolute atomic E-state index is 0.00160. The summed E-state index contributed by atoms with van der Waals surface area (Å²) in [4.78, 5) is 13.1. The first-order valence-corrected chi connectivity index (χ1v) is 14.3. The summed E-state index contributed by atoms with van der Waals surface area (Å²) >= 11 is 0. The Balaban J connectivity index is 2.03. The Morgan fingerprint density at radius 2 is 1.61 bits per heavy atom. The predicted molar refractivity (Wildman–Crippen MR) is 134 cm³/mol. The molecule has 2 aromatic carbocycles. The molecule has 0 radical (unpaired) electrons. The smallest absolute Gasteiger partial charge is 0.404 e. The van der Waals surface area contributed by atoms with Gasteiger partial charge in [0.1, 0.15) is 5.69 Å². The van der Waals surface area contributed by atoms with E-state index in [1.165, 1.54) is 38.5 Å². The number of sulfone groups is 1. The van der Waals surface area contributed by atoms with Crippen molar-refractivity contribution < 1.29 is 39.5 Å². The summed E-state index contributed by atoms with van der Waals surface area (Å²) in [5.74, 6) is -1.32. The average Bonchev–Trinajstić information content (AvgIpc) is 2.82.